The summed E-state index contributed by atoms with van der Waals surface area (Å²) in [5.74, 6) is 1.02. The summed E-state index contributed by atoms with van der Waals surface area (Å²) in [7, 11) is -1.17. The van der Waals surface area contributed by atoms with E-state index in [2.05, 4.69) is 0 Å². The summed E-state index contributed by atoms with van der Waals surface area (Å²) in [6.45, 7) is 1.78. The number of rotatable bonds is 10. The van der Waals surface area contributed by atoms with Crippen LogP contribution in [0.1, 0.15) is 37.2 Å². The van der Waals surface area contributed by atoms with Crippen LogP contribution in [0.5, 0.6) is 17.2 Å². The molecule has 0 heterocycles. The van der Waals surface area contributed by atoms with E-state index < -0.39 is 19.5 Å². The number of ether oxygens (including phenoxy) is 3. The second kappa shape index (κ2) is 9.94. The number of aliphatic hydroxyl groups excluding tert-OH is 1. The van der Waals surface area contributed by atoms with Crippen molar-refractivity contribution < 1.29 is 26.2 Å². The third kappa shape index (κ3) is 6.31. The van der Waals surface area contributed by atoms with Crippen molar-refractivity contribution in [3.05, 3.63) is 53.6 Å². The smallest absolute Gasteiger partial charge is 0.160 e. The molecule has 4 nitrogen and oxygen atoms in total. The van der Waals surface area contributed by atoms with Crippen molar-refractivity contribution in [2.24, 2.45) is 0 Å². The third-order valence-electron chi connectivity index (χ3n) is 3.76. The second-order valence-corrected chi connectivity index (χ2v) is 5.79. The van der Waals surface area contributed by atoms with Crippen molar-refractivity contribution >= 4 is 0 Å². The summed E-state index contributed by atoms with van der Waals surface area (Å²) in [6.07, 6.45) is -2.04. The molecule has 2 aromatic rings. The van der Waals surface area contributed by atoms with Crippen LogP contribution in [0.3, 0.4) is 0 Å². The highest BCUT2D eigenvalue weighted by Gasteiger charge is 2.07. The van der Waals surface area contributed by atoms with Gasteiger partial charge in [-0.15, -0.1) is 0 Å². The predicted octanol–water partition coefficient (Wildman–Crippen LogP) is 4.16. The molecule has 0 bridgehead atoms. The first-order valence-electron chi connectivity index (χ1n) is 10.7. The van der Waals surface area contributed by atoms with Crippen LogP contribution >= 0.6 is 0 Å². The molecular formula is C21H28O4. The van der Waals surface area contributed by atoms with E-state index in [0.717, 1.165) is 11.1 Å². The van der Waals surface area contributed by atoms with E-state index in [-0.39, 0.29) is 18.8 Å². The Hall–Kier alpha value is -2.20. The molecule has 1 unspecified atom stereocenters. The van der Waals surface area contributed by atoms with E-state index in [4.69, 9.17) is 21.1 Å². The molecule has 0 spiro atoms. The summed E-state index contributed by atoms with van der Waals surface area (Å²) in [4.78, 5) is 0. The van der Waals surface area contributed by atoms with Crippen LogP contribution in [0.25, 0.3) is 0 Å². The molecule has 0 aliphatic carbocycles. The van der Waals surface area contributed by atoms with Gasteiger partial charge < -0.3 is 19.3 Å². The molecule has 4 heteroatoms. The maximum atomic E-state index is 10.2. The maximum absolute atomic E-state index is 10.2. The van der Waals surface area contributed by atoms with Gasteiger partial charge >= 0.3 is 0 Å². The Kier molecular flexibility index (Phi) is 5.20. The lowest BCUT2D eigenvalue weighted by molar-refractivity contribution is 0.0976. The van der Waals surface area contributed by atoms with Crippen molar-refractivity contribution in [1.82, 2.24) is 0 Å². The molecule has 0 amide bonds. The highest BCUT2D eigenvalue weighted by molar-refractivity contribution is 5.42. The fourth-order valence-electron chi connectivity index (χ4n) is 2.46. The van der Waals surface area contributed by atoms with Crippen molar-refractivity contribution in [3.63, 3.8) is 0 Å². The van der Waals surface area contributed by atoms with Crippen LogP contribution in [0.2, 0.25) is 0 Å². The Morgan fingerprint density at radius 1 is 1.12 bits per heavy atom. The first kappa shape index (κ1) is 13.1. The van der Waals surface area contributed by atoms with E-state index in [1.165, 1.54) is 7.11 Å². The van der Waals surface area contributed by atoms with Gasteiger partial charge in [0.2, 0.25) is 0 Å². The largest absolute Gasteiger partial charge is 0.493 e. The fraction of sp³-hybridized carbons (Fsp3) is 0.429. The first-order chi connectivity index (χ1) is 14.0. The number of methoxy groups -OCH3 is 2. The highest BCUT2D eigenvalue weighted by Crippen LogP contribution is 2.28. The molecule has 0 saturated carbocycles. The quantitative estimate of drug-likeness (QED) is 0.699. The summed E-state index contributed by atoms with van der Waals surface area (Å²) >= 11 is 0. The van der Waals surface area contributed by atoms with Crippen molar-refractivity contribution in [1.29, 1.82) is 0 Å². The lowest BCUT2D eigenvalue weighted by Crippen LogP contribution is -2.17. The molecule has 0 radical (unpaired) electrons. The predicted molar refractivity (Wildman–Crippen MR) is 99.8 cm³/mol. The van der Waals surface area contributed by atoms with Crippen LogP contribution in [-0.4, -0.2) is 32.0 Å². The van der Waals surface area contributed by atoms with Gasteiger partial charge in [-0.3, -0.25) is 0 Å². The monoisotopic (exact) mass is 349 g/mol. The van der Waals surface area contributed by atoms with E-state index in [0.29, 0.717) is 24.3 Å². The molecule has 0 fully saturated rings. The average molecular weight is 349 g/mol. The standard InChI is InChI=1S/C21H28O4/c1-16-7-6-10-19(13-16)25-15-18(22)9-5-4-8-17-11-12-20(23-2)21(14-17)24-3/h6-7,10-14,18,22H,4-5,8-9,15H2,1-3H3/i3D3,9D2. The molecule has 0 aliphatic rings. The van der Waals surface area contributed by atoms with E-state index >= 15 is 0 Å². The van der Waals surface area contributed by atoms with Crippen LogP contribution in [0.4, 0.5) is 0 Å². The number of hydrogen-bond acceptors (Lipinski definition) is 4. The first-order valence-corrected chi connectivity index (χ1v) is 8.24. The summed E-state index contributed by atoms with van der Waals surface area (Å²) < 4.78 is 53.7. The zero-order chi connectivity index (χ0) is 22.4. The Balaban J connectivity index is 1.90. The van der Waals surface area contributed by atoms with E-state index in [1.807, 2.05) is 25.1 Å². The van der Waals surface area contributed by atoms with Crippen LogP contribution in [0.15, 0.2) is 42.5 Å². The topological polar surface area (TPSA) is 47.9 Å². The molecule has 2 rings (SSSR count). The summed E-state index contributed by atoms with van der Waals surface area (Å²) in [5, 5.41) is 10.2. The van der Waals surface area contributed by atoms with E-state index in [1.54, 1.807) is 24.3 Å². The molecule has 1 atom stereocenters. The molecule has 2 aromatic carbocycles. The zero-order valence-corrected chi connectivity index (χ0v) is 14.6. The van der Waals surface area contributed by atoms with Gasteiger partial charge in [-0.2, -0.15) is 0 Å². The molecule has 0 aliphatic heterocycles. The zero-order valence-electron chi connectivity index (χ0n) is 19.6. The van der Waals surface area contributed by atoms with Gasteiger partial charge in [-0.25, -0.2) is 0 Å². The molecule has 25 heavy (non-hydrogen) atoms. The summed E-state index contributed by atoms with van der Waals surface area (Å²) in [6, 6.07) is 12.3. The number of aryl methyl sites for hydroxylation is 2. The van der Waals surface area contributed by atoms with Crippen molar-refractivity contribution in [2.45, 2.75) is 38.7 Å². The number of benzene rings is 2. The average Bonchev–Trinajstić information content (AvgIpc) is 2.65. The summed E-state index contributed by atoms with van der Waals surface area (Å²) in [5.41, 5.74) is 1.81. The lowest BCUT2D eigenvalue weighted by Gasteiger charge is -2.13. The fourth-order valence-corrected chi connectivity index (χ4v) is 2.46. The SMILES string of the molecule is [2H]C([2H])([2H])Oc1cc(CCCC([2H])([2H])C(O)COc2cccc(C)c2)ccc1OC. The maximum Gasteiger partial charge on any atom is 0.160 e. The third-order valence-corrected chi connectivity index (χ3v) is 3.76. The van der Waals surface area contributed by atoms with Gasteiger partial charge in [-0.05, 0) is 61.5 Å². The Morgan fingerprint density at radius 3 is 2.76 bits per heavy atom. The van der Waals surface area contributed by atoms with Gasteiger partial charge in [0.15, 0.2) is 11.5 Å². The van der Waals surface area contributed by atoms with Gasteiger partial charge in [0.25, 0.3) is 0 Å². The van der Waals surface area contributed by atoms with Gasteiger partial charge in [-0.1, -0.05) is 24.6 Å². The molecule has 0 saturated heterocycles. The molecule has 136 valence electrons. The van der Waals surface area contributed by atoms with Gasteiger partial charge in [0.05, 0.1) is 24.4 Å². The van der Waals surface area contributed by atoms with Gasteiger partial charge in [0.1, 0.15) is 12.4 Å². The minimum atomic E-state index is -2.59. The molecular weight excluding hydrogens is 316 g/mol. The van der Waals surface area contributed by atoms with Crippen LogP contribution in [-0.2, 0) is 6.42 Å². The molecule has 1 N–H and O–H groups in total. The second-order valence-electron chi connectivity index (χ2n) is 5.79. The minimum absolute atomic E-state index is 0.115. The van der Waals surface area contributed by atoms with Gasteiger partial charge in [0, 0.05) is 2.74 Å². The highest BCUT2D eigenvalue weighted by atomic mass is 16.5. The van der Waals surface area contributed by atoms with Crippen molar-refractivity contribution in [3.8, 4) is 17.2 Å². The van der Waals surface area contributed by atoms with E-state index in [9.17, 15) is 5.11 Å². The Bertz CT molecular complexity index is 823. The normalized spacial score (nSPS) is 15.9. The Labute approximate surface area is 157 Å². The Morgan fingerprint density at radius 2 is 2.00 bits per heavy atom. The number of hydrogen-bond donors (Lipinski definition) is 1. The van der Waals surface area contributed by atoms with Crippen LogP contribution in [0, 0.1) is 6.92 Å². The van der Waals surface area contributed by atoms with Crippen LogP contribution < -0.4 is 14.2 Å². The lowest BCUT2D eigenvalue weighted by atomic mass is 10.0. The minimum Gasteiger partial charge on any atom is -0.493 e. The van der Waals surface area contributed by atoms with Crippen molar-refractivity contribution in [2.75, 3.05) is 20.8 Å². The number of aliphatic hydroxyl groups is 1. The molecule has 0 aromatic heterocycles.